The third-order valence-electron chi connectivity index (χ3n) is 5.20. The Hall–Kier alpha value is -2.79. The van der Waals surface area contributed by atoms with Gasteiger partial charge in [-0.05, 0) is 54.6 Å². The van der Waals surface area contributed by atoms with Gasteiger partial charge < -0.3 is 19.7 Å². The van der Waals surface area contributed by atoms with Gasteiger partial charge in [-0.15, -0.1) is 0 Å². The molecule has 0 bridgehead atoms. The third-order valence-corrected chi connectivity index (χ3v) is 5.44. The van der Waals surface area contributed by atoms with Crippen molar-refractivity contribution in [3.63, 3.8) is 0 Å². The second-order valence-corrected chi connectivity index (χ2v) is 7.78. The van der Waals surface area contributed by atoms with Gasteiger partial charge in [0.25, 0.3) is 0 Å². The van der Waals surface area contributed by atoms with Crippen molar-refractivity contribution in [3.8, 4) is 5.75 Å². The Bertz CT molecular complexity index is 1110. The molecule has 0 aliphatic rings. The molecule has 0 saturated heterocycles. The van der Waals surface area contributed by atoms with E-state index in [0.29, 0.717) is 18.2 Å². The second-order valence-electron chi connectivity index (χ2n) is 7.34. The van der Waals surface area contributed by atoms with Crippen molar-refractivity contribution < 1.29 is 9.84 Å². The minimum absolute atomic E-state index is 0.186. The average Bonchev–Trinajstić information content (AvgIpc) is 3.16. The lowest BCUT2D eigenvalue weighted by atomic mass is 10.0. The van der Waals surface area contributed by atoms with Crippen LogP contribution in [0.5, 0.6) is 5.75 Å². The first-order valence-corrected chi connectivity index (χ1v) is 10.4. The van der Waals surface area contributed by atoms with E-state index in [2.05, 4.69) is 28.1 Å². The maximum atomic E-state index is 10.9. The average molecular weight is 421 g/mol. The number of nitrogens with zero attached hydrogens (tertiary/aromatic N) is 1. The monoisotopic (exact) mass is 420 g/mol. The fraction of sp³-hybridized carbons (Fsp3) is 0.200. The molecule has 3 aromatic carbocycles. The number of benzene rings is 3. The first kappa shape index (κ1) is 20.5. The SMILES string of the molecule is CNC[C@@H](O)[C@H](c1ccccc1)n1ccc2cc(OCc3cccc(Cl)c3)ccc21. The number of hydrogen-bond donors (Lipinski definition) is 2. The molecule has 30 heavy (non-hydrogen) atoms. The number of rotatable bonds is 8. The van der Waals surface area contributed by atoms with Crippen LogP contribution in [0.15, 0.2) is 85.1 Å². The van der Waals surface area contributed by atoms with Crippen molar-refractivity contribution in [3.05, 3.63) is 101 Å². The van der Waals surface area contributed by atoms with Crippen molar-refractivity contribution >= 4 is 22.5 Å². The molecular weight excluding hydrogens is 396 g/mol. The molecule has 4 aromatic rings. The summed E-state index contributed by atoms with van der Waals surface area (Å²) in [7, 11) is 1.85. The minimum Gasteiger partial charge on any atom is -0.489 e. The van der Waals surface area contributed by atoms with Crippen LogP contribution in [0.4, 0.5) is 0 Å². The van der Waals surface area contributed by atoms with Gasteiger partial charge in [-0.2, -0.15) is 0 Å². The van der Waals surface area contributed by atoms with Crippen molar-refractivity contribution in [1.82, 2.24) is 9.88 Å². The highest BCUT2D eigenvalue weighted by molar-refractivity contribution is 6.30. The van der Waals surface area contributed by atoms with E-state index < -0.39 is 6.10 Å². The molecule has 1 aromatic heterocycles. The summed E-state index contributed by atoms with van der Waals surface area (Å²) in [5.41, 5.74) is 3.15. The van der Waals surface area contributed by atoms with E-state index in [-0.39, 0.29) is 6.04 Å². The lowest BCUT2D eigenvalue weighted by molar-refractivity contribution is 0.132. The van der Waals surface area contributed by atoms with E-state index >= 15 is 0 Å². The van der Waals surface area contributed by atoms with Crippen LogP contribution in [-0.2, 0) is 6.61 Å². The number of aliphatic hydroxyl groups excluding tert-OH is 1. The summed E-state index contributed by atoms with van der Waals surface area (Å²) in [6, 6.07) is 25.7. The molecule has 0 unspecified atom stereocenters. The topological polar surface area (TPSA) is 46.4 Å². The van der Waals surface area contributed by atoms with Gasteiger partial charge in [0.15, 0.2) is 0 Å². The summed E-state index contributed by atoms with van der Waals surface area (Å²) >= 11 is 6.05. The molecule has 2 atom stereocenters. The lowest BCUT2D eigenvalue weighted by Crippen LogP contribution is -2.33. The van der Waals surface area contributed by atoms with Gasteiger partial charge in [0.2, 0.25) is 0 Å². The molecule has 0 amide bonds. The first-order valence-electron chi connectivity index (χ1n) is 10.0. The van der Waals surface area contributed by atoms with Gasteiger partial charge in [-0.25, -0.2) is 0 Å². The molecule has 1 heterocycles. The number of halogens is 1. The molecule has 0 spiro atoms. The Morgan fingerprint density at radius 1 is 1.00 bits per heavy atom. The largest absolute Gasteiger partial charge is 0.489 e. The number of aromatic nitrogens is 1. The fourth-order valence-corrected chi connectivity index (χ4v) is 4.02. The first-order chi connectivity index (χ1) is 14.7. The zero-order valence-corrected chi connectivity index (χ0v) is 17.6. The van der Waals surface area contributed by atoms with Crippen LogP contribution in [0, 0.1) is 0 Å². The molecular formula is C25H25ClN2O2. The van der Waals surface area contributed by atoms with Crippen LogP contribution in [0.3, 0.4) is 0 Å². The number of ether oxygens (including phenoxy) is 1. The van der Waals surface area contributed by atoms with Crippen molar-refractivity contribution in [2.75, 3.05) is 13.6 Å². The summed E-state index contributed by atoms with van der Waals surface area (Å²) in [6.45, 7) is 0.959. The Morgan fingerprint density at radius 2 is 1.83 bits per heavy atom. The normalized spacial score (nSPS) is 13.3. The van der Waals surface area contributed by atoms with E-state index in [0.717, 1.165) is 27.8 Å². The van der Waals surface area contributed by atoms with E-state index in [4.69, 9.17) is 16.3 Å². The van der Waals surface area contributed by atoms with Crippen molar-refractivity contribution in [2.45, 2.75) is 18.8 Å². The molecule has 4 rings (SSSR count). The molecule has 2 N–H and O–H groups in total. The van der Waals surface area contributed by atoms with Crippen molar-refractivity contribution in [1.29, 1.82) is 0 Å². The third kappa shape index (κ3) is 4.51. The molecule has 4 nitrogen and oxygen atoms in total. The number of likely N-dealkylation sites (N-methyl/N-ethyl adjacent to an activating group) is 1. The fourth-order valence-electron chi connectivity index (χ4n) is 3.81. The molecule has 154 valence electrons. The Labute approximate surface area is 181 Å². The second kappa shape index (κ2) is 9.35. The van der Waals surface area contributed by atoms with Crippen molar-refractivity contribution in [2.24, 2.45) is 0 Å². The number of fused-ring (bicyclic) bond motifs is 1. The van der Waals surface area contributed by atoms with Crippen LogP contribution in [-0.4, -0.2) is 29.4 Å². The highest BCUT2D eigenvalue weighted by atomic mass is 35.5. The zero-order valence-electron chi connectivity index (χ0n) is 16.8. The van der Waals surface area contributed by atoms with Crippen LogP contribution in [0.1, 0.15) is 17.2 Å². The van der Waals surface area contributed by atoms with Gasteiger partial charge in [0.05, 0.1) is 12.1 Å². The molecule has 0 saturated carbocycles. The van der Waals surface area contributed by atoms with Crippen LogP contribution in [0.25, 0.3) is 10.9 Å². The summed E-state index contributed by atoms with van der Waals surface area (Å²) in [4.78, 5) is 0. The highest BCUT2D eigenvalue weighted by Crippen LogP contribution is 2.30. The maximum Gasteiger partial charge on any atom is 0.120 e. The van der Waals surface area contributed by atoms with Crippen LogP contribution < -0.4 is 10.1 Å². The van der Waals surface area contributed by atoms with E-state index in [1.165, 1.54) is 0 Å². The quantitative estimate of drug-likeness (QED) is 0.419. The molecule has 0 fully saturated rings. The van der Waals surface area contributed by atoms with Gasteiger partial charge in [-0.1, -0.05) is 54.1 Å². The number of nitrogens with one attached hydrogen (secondary N) is 1. The minimum atomic E-state index is -0.563. The predicted octanol–water partition coefficient (Wildman–Crippen LogP) is 5.04. The highest BCUT2D eigenvalue weighted by Gasteiger charge is 2.23. The van der Waals surface area contributed by atoms with Crippen LogP contribution in [0.2, 0.25) is 5.02 Å². The van der Waals surface area contributed by atoms with Gasteiger partial charge in [0, 0.05) is 28.7 Å². The summed E-state index contributed by atoms with van der Waals surface area (Å²) in [5.74, 6) is 0.798. The Kier molecular flexibility index (Phi) is 6.38. The smallest absolute Gasteiger partial charge is 0.120 e. The van der Waals surface area contributed by atoms with Gasteiger partial charge in [-0.3, -0.25) is 0 Å². The number of aliphatic hydroxyl groups is 1. The van der Waals surface area contributed by atoms with E-state index in [1.807, 2.05) is 73.9 Å². The Morgan fingerprint density at radius 3 is 2.60 bits per heavy atom. The molecule has 0 aliphatic carbocycles. The molecule has 5 heteroatoms. The standard InChI is InChI=1S/C25H25ClN2O2/c1-27-16-24(29)25(19-7-3-2-4-8-19)28-13-12-20-15-22(10-11-23(20)28)30-17-18-6-5-9-21(26)14-18/h2-15,24-25,27,29H,16-17H2,1H3/t24-,25+/m1/s1. The molecule has 0 aliphatic heterocycles. The van der Waals surface area contributed by atoms with Gasteiger partial charge >= 0.3 is 0 Å². The van der Waals surface area contributed by atoms with E-state index in [1.54, 1.807) is 0 Å². The van der Waals surface area contributed by atoms with Gasteiger partial charge in [0.1, 0.15) is 12.4 Å². The maximum absolute atomic E-state index is 10.9. The predicted molar refractivity (Wildman–Crippen MR) is 122 cm³/mol. The zero-order chi connectivity index (χ0) is 20.9. The molecule has 0 radical (unpaired) electrons. The lowest BCUT2D eigenvalue weighted by Gasteiger charge is -2.26. The summed E-state index contributed by atoms with van der Waals surface area (Å²) in [6.07, 6.45) is 1.47. The van der Waals surface area contributed by atoms with E-state index in [9.17, 15) is 5.11 Å². The summed E-state index contributed by atoms with van der Waals surface area (Å²) in [5, 5.41) is 15.7. The van der Waals surface area contributed by atoms with Crippen LogP contribution >= 0.6 is 11.6 Å². The Balaban J connectivity index is 1.61. The number of hydrogen-bond acceptors (Lipinski definition) is 3. The summed E-state index contributed by atoms with van der Waals surface area (Å²) < 4.78 is 8.10.